The summed E-state index contributed by atoms with van der Waals surface area (Å²) in [6, 6.07) is 20.6. The standard InChI is InChI=1S/C28H29N3O2/c1-4-33-26(32)28(3,18-20-8-6-5-7-9-20)24-14-17-29-25-23(19-30-31(24)25)21-10-12-22(13-11-21)27(2)15-16-27/h5-14,17,19H,4,15-16,18H2,1-3H3. The third-order valence-corrected chi connectivity index (χ3v) is 6.99. The summed E-state index contributed by atoms with van der Waals surface area (Å²) < 4.78 is 7.32. The largest absolute Gasteiger partial charge is 0.465 e. The number of esters is 1. The molecule has 2 aromatic carbocycles. The molecule has 168 valence electrons. The summed E-state index contributed by atoms with van der Waals surface area (Å²) in [6.07, 6.45) is 6.61. The average molecular weight is 440 g/mol. The number of ether oxygens (including phenoxy) is 1. The van der Waals surface area contributed by atoms with Crippen molar-refractivity contribution in [2.45, 2.75) is 50.9 Å². The Balaban J connectivity index is 1.58. The molecule has 0 bridgehead atoms. The van der Waals surface area contributed by atoms with Crippen molar-refractivity contribution in [2.24, 2.45) is 0 Å². The zero-order valence-electron chi connectivity index (χ0n) is 19.4. The van der Waals surface area contributed by atoms with Gasteiger partial charge in [0.2, 0.25) is 0 Å². The minimum atomic E-state index is -0.910. The summed E-state index contributed by atoms with van der Waals surface area (Å²) in [5.74, 6) is -0.263. The summed E-state index contributed by atoms with van der Waals surface area (Å²) in [7, 11) is 0. The predicted octanol–water partition coefficient (Wildman–Crippen LogP) is 5.51. The molecule has 33 heavy (non-hydrogen) atoms. The number of nitrogens with zero attached hydrogens (tertiary/aromatic N) is 3. The summed E-state index contributed by atoms with van der Waals surface area (Å²) >= 11 is 0. The number of rotatable bonds is 7. The van der Waals surface area contributed by atoms with Crippen LogP contribution in [-0.4, -0.2) is 27.2 Å². The molecule has 0 amide bonds. The first-order valence-electron chi connectivity index (χ1n) is 11.6. The highest BCUT2D eigenvalue weighted by Gasteiger charge is 2.40. The van der Waals surface area contributed by atoms with Crippen molar-refractivity contribution in [3.63, 3.8) is 0 Å². The van der Waals surface area contributed by atoms with Gasteiger partial charge in [-0.3, -0.25) is 4.79 Å². The Morgan fingerprint density at radius 2 is 1.82 bits per heavy atom. The van der Waals surface area contributed by atoms with Gasteiger partial charge in [-0.05, 0) is 61.3 Å². The Morgan fingerprint density at radius 3 is 2.48 bits per heavy atom. The van der Waals surface area contributed by atoms with Crippen LogP contribution in [0, 0.1) is 0 Å². The van der Waals surface area contributed by atoms with E-state index in [0.717, 1.165) is 28.0 Å². The predicted molar refractivity (Wildman–Crippen MR) is 129 cm³/mol. The molecule has 0 saturated heterocycles. The van der Waals surface area contributed by atoms with Gasteiger partial charge in [0.25, 0.3) is 0 Å². The Morgan fingerprint density at radius 1 is 1.09 bits per heavy atom. The van der Waals surface area contributed by atoms with Gasteiger partial charge in [-0.15, -0.1) is 0 Å². The molecule has 5 nitrogen and oxygen atoms in total. The number of carbonyl (C=O) groups excluding carboxylic acids is 1. The lowest BCUT2D eigenvalue weighted by molar-refractivity contribution is -0.149. The van der Waals surface area contributed by atoms with Gasteiger partial charge in [-0.1, -0.05) is 61.5 Å². The molecule has 2 aromatic heterocycles. The number of fused-ring (bicyclic) bond motifs is 1. The van der Waals surface area contributed by atoms with Crippen LogP contribution in [-0.2, 0) is 26.8 Å². The van der Waals surface area contributed by atoms with Crippen LogP contribution < -0.4 is 0 Å². The number of hydrogen-bond acceptors (Lipinski definition) is 4. The van der Waals surface area contributed by atoms with Crippen LogP contribution in [0.4, 0.5) is 0 Å². The molecular weight excluding hydrogens is 410 g/mol. The van der Waals surface area contributed by atoms with Crippen LogP contribution in [0.3, 0.4) is 0 Å². The first-order chi connectivity index (χ1) is 15.9. The van der Waals surface area contributed by atoms with Crippen molar-refractivity contribution >= 4 is 11.6 Å². The highest BCUT2D eigenvalue weighted by atomic mass is 16.5. The zero-order chi connectivity index (χ0) is 23.1. The Labute approximate surface area is 194 Å². The average Bonchev–Trinajstić information content (AvgIpc) is 3.44. The molecular formula is C28H29N3O2. The molecule has 1 saturated carbocycles. The van der Waals surface area contributed by atoms with Crippen LogP contribution >= 0.6 is 0 Å². The second kappa shape index (κ2) is 8.14. The molecule has 0 N–H and O–H groups in total. The van der Waals surface area contributed by atoms with Gasteiger partial charge in [-0.25, -0.2) is 9.50 Å². The Hall–Kier alpha value is -3.47. The molecule has 1 aliphatic carbocycles. The molecule has 1 fully saturated rings. The lowest BCUT2D eigenvalue weighted by Gasteiger charge is -2.28. The first kappa shape index (κ1) is 21.4. The molecule has 1 aliphatic rings. The van der Waals surface area contributed by atoms with E-state index >= 15 is 0 Å². The second-order valence-electron chi connectivity index (χ2n) is 9.48. The highest BCUT2D eigenvalue weighted by Crippen LogP contribution is 2.47. The summed E-state index contributed by atoms with van der Waals surface area (Å²) in [6.45, 7) is 6.40. The topological polar surface area (TPSA) is 56.5 Å². The van der Waals surface area contributed by atoms with Crippen molar-refractivity contribution in [3.05, 3.63) is 89.9 Å². The van der Waals surface area contributed by atoms with Crippen molar-refractivity contribution in [2.75, 3.05) is 6.61 Å². The van der Waals surface area contributed by atoms with Gasteiger partial charge in [0.15, 0.2) is 5.65 Å². The van der Waals surface area contributed by atoms with Gasteiger partial charge < -0.3 is 4.74 Å². The maximum atomic E-state index is 13.2. The van der Waals surface area contributed by atoms with Gasteiger partial charge in [0.05, 0.1) is 18.5 Å². The van der Waals surface area contributed by atoms with Gasteiger partial charge in [0, 0.05) is 11.8 Å². The Kier molecular flexibility index (Phi) is 5.28. The molecule has 1 atom stereocenters. The number of carbonyl (C=O) groups is 1. The van der Waals surface area contributed by atoms with E-state index in [9.17, 15) is 4.79 Å². The molecule has 2 heterocycles. The minimum absolute atomic E-state index is 0.263. The first-order valence-corrected chi connectivity index (χ1v) is 11.6. The highest BCUT2D eigenvalue weighted by molar-refractivity contribution is 5.84. The van der Waals surface area contributed by atoms with Crippen LogP contribution in [0.15, 0.2) is 73.1 Å². The quantitative estimate of drug-likeness (QED) is 0.356. The van der Waals surface area contributed by atoms with E-state index in [1.807, 2.05) is 56.4 Å². The smallest absolute Gasteiger partial charge is 0.318 e. The third-order valence-electron chi connectivity index (χ3n) is 6.99. The van der Waals surface area contributed by atoms with Gasteiger partial charge in [0.1, 0.15) is 5.41 Å². The Bertz CT molecular complexity index is 1290. The van der Waals surface area contributed by atoms with Crippen LogP contribution in [0.1, 0.15) is 50.4 Å². The van der Waals surface area contributed by atoms with E-state index in [0.29, 0.717) is 18.4 Å². The van der Waals surface area contributed by atoms with Crippen LogP contribution in [0.25, 0.3) is 16.8 Å². The fourth-order valence-corrected chi connectivity index (χ4v) is 4.60. The molecule has 5 rings (SSSR count). The SMILES string of the molecule is CCOC(=O)C(C)(Cc1ccccc1)c1ccnc2c(-c3ccc(C4(C)CC4)cc3)cnn12. The van der Waals surface area contributed by atoms with E-state index in [1.165, 1.54) is 18.4 Å². The summed E-state index contributed by atoms with van der Waals surface area (Å²) in [4.78, 5) is 17.9. The van der Waals surface area contributed by atoms with Crippen molar-refractivity contribution in [1.82, 2.24) is 14.6 Å². The maximum absolute atomic E-state index is 13.2. The van der Waals surface area contributed by atoms with E-state index in [1.54, 1.807) is 10.7 Å². The molecule has 1 unspecified atom stereocenters. The lowest BCUT2D eigenvalue weighted by atomic mass is 9.80. The molecule has 0 radical (unpaired) electrons. The van der Waals surface area contributed by atoms with E-state index in [2.05, 4.69) is 41.3 Å². The zero-order valence-corrected chi connectivity index (χ0v) is 19.4. The van der Waals surface area contributed by atoms with Crippen molar-refractivity contribution in [1.29, 1.82) is 0 Å². The van der Waals surface area contributed by atoms with Crippen molar-refractivity contribution < 1.29 is 9.53 Å². The van der Waals surface area contributed by atoms with Crippen molar-refractivity contribution in [3.8, 4) is 11.1 Å². The summed E-state index contributed by atoms with van der Waals surface area (Å²) in [5.41, 5.74) is 5.41. The summed E-state index contributed by atoms with van der Waals surface area (Å²) in [5, 5.41) is 4.68. The molecule has 0 spiro atoms. The number of aromatic nitrogens is 3. The maximum Gasteiger partial charge on any atom is 0.318 e. The van der Waals surface area contributed by atoms with E-state index in [4.69, 9.17) is 4.74 Å². The van der Waals surface area contributed by atoms with Gasteiger partial charge >= 0.3 is 5.97 Å². The third kappa shape index (κ3) is 3.82. The number of hydrogen-bond donors (Lipinski definition) is 0. The van der Waals surface area contributed by atoms with E-state index in [-0.39, 0.29) is 5.97 Å². The minimum Gasteiger partial charge on any atom is -0.465 e. The number of benzene rings is 2. The fourth-order valence-electron chi connectivity index (χ4n) is 4.60. The molecule has 0 aliphatic heterocycles. The molecule has 4 aromatic rings. The normalized spacial score (nSPS) is 16.3. The van der Waals surface area contributed by atoms with E-state index < -0.39 is 5.41 Å². The fraction of sp³-hybridized carbons (Fsp3) is 0.321. The monoisotopic (exact) mass is 439 g/mol. The van der Waals surface area contributed by atoms with Crippen LogP contribution in [0.2, 0.25) is 0 Å². The van der Waals surface area contributed by atoms with Gasteiger partial charge in [-0.2, -0.15) is 5.10 Å². The molecule has 5 heteroatoms. The lowest BCUT2D eigenvalue weighted by Crippen LogP contribution is -2.38. The van der Waals surface area contributed by atoms with Crippen LogP contribution in [0.5, 0.6) is 0 Å². The second-order valence-corrected chi connectivity index (χ2v) is 9.48.